The minimum atomic E-state index is -3.66. The molecule has 2 N–H and O–H groups in total. The molecular formula is C13H20N2O4S. The van der Waals surface area contributed by atoms with Gasteiger partial charge >= 0.3 is 5.97 Å². The van der Waals surface area contributed by atoms with E-state index in [1.165, 1.54) is 12.3 Å². The zero-order valence-corrected chi connectivity index (χ0v) is 12.3. The van der Waals surface area contributed by atoms with E-state index in [4.69, 9.17) is 0 Å². The van der Waals surface area contributed by atoms with Crippen LogP contribution in [0, 0.1) is 5.92 Å². The van der Waals surface area contributed by atoms with Crippen LogP contribution in [-0.4, -0.2) is 30.1 Å². The first-order valence-electron chi connectivity index (χ1n) is 6.77. The topological polar surface area (TPSA) is 88.4 Å². The van der Waals surface area contributed by atoms with Gasteiger partial charge < -0.3 is 9.67 Å². The molecule has 1 aliphatic rings. The van der Waals surface area contributed by atoms with Crippen molar-refractivity contribution in [2.24, 2.45) is 13.0 Å². The first-order chi connectivity index (χ1) is 9.40. The van der Waals surface area contributed by atoms with E-state index in [0.717, 1.165) is 19.3 Å². The largest absolute Gasteiger partial charge is 0.481 e. The Hall–Kier alpha value is -1.34. The third kappa shape index (κ3) is 3.40. The summed E-state index contributed by atoms with van der Waals surface area (Å²) in [7, 11) is -1.92. The molecule has 112 valence electrons. The Morgan fingerprint density at radius 2 is 2.05 bits per heavy atom. The molecule has 0 amide bonds. The zero-order valence-electron chi connectivity index (χ0n) is 11.4. The number of carboxylic acids is 1. The molecular weight excluding hydrogens is 280 g/mol. The van der Waals surface area contributed by atoms with Crippen LogP contribution in [0.25, 0.3) is 0 Å². The second kappa shape index (κ2) is 5.97. The molecule has 2 unspecified atom stereocenters. The van der Waals surface area contributed by atoms with Gasteiger partial charge in [0.2, 0.25) is 10.0 Å². The van der Waals surface area contributed by atoms with Crippen molar-refractivity contribution in [2.75, 3.05) is 0 Å². The Balaban J connectivity index is 2.19. The maximum atomic E-state index is 12.3. The van der Waals surface area contributed by atoms with Crippen molar-refractivity contribution in [1.82, 2.24) is 9.29 Å². The summed E-state index contributed by atoms with van der Waals surface area (Å²) < 4.78 is 28.8. The summed E-state index contributed by atoms with van der Waals surface area (Å²) in [6, 6.07) is 0.981. The fourth-order valence-corrected chi connectivity index (χ4v) is 4.01. The highest BCUT2D eigenvalue weighted by Crippen LogP contribution is 2.25. The third-order valence-electron chi connectivity index (χ3n) is 3.75. The lowest BCUT2D eigenvalue weighted by Crippen LogP contribution is -2.42. The number of aromatic nitrogens is 1. The number of carbonyl (C=O) groups is 1. The van der Waals surface area contributed by atoms with Gasteiger partial charge in [-0.3, -0.25) is 4.79 Å². The quantitative estimate of drug-likeness (QED) is 0.821. The maximum absolute atomic E-state index is 12.3. The molecule has 1 aromatic rings. The van der Waals surface area contributed by atoms with Crippen LogP contribution in [0.1, 0.15) is 32.1 Å². The van der Waals surface area contributed by atoms with Crippen LogP contribution in [0.3, 0.4) is 0 Å². The molecule has 7 heteroatoms. The summed E-state index contributed by atoms with van der Waals surface area (Å²) in [5, 5.41) is 9.27. The molecule has 1 fully saturated rings. The number of aliphatic carboxylic acids is 1. The summed E-state index contributed by atoms with van der Waals surface area (Å²) in [6.07, 6.45) is 6.89. The molecule has 0 radical (unpaired) electrons. The number of aryl methyl sites for hydroxylation is 1. The first-order valence-corrected chi connectivity index (χ1v) is 8.25. The Morgan fingerprint density at radius 1 is 1.35 bits per heavy atom. The molecule has 0 bridgehead atoms. The minimum Gasteiger partial charge on any atom is -0.481 e. The summed E-state index contributed by atoms with van der Waals surface area (Å²) in [5.74, 6) is -1.57. The molecule has 6 nitrogen and oxygen atoms in total. The molecule has 1 saturated carbocycles. The number of nitrogens with zero attached hydrogens (tertiary/aromatic N) is 1. The van der Waals surface area contributed by atoms with E-state index in [0.29, 0.717) is 12.8 Å². The van der Waals surface area contributed by atoms with Crippen molar-refractivity contribution in [3.63, 3.8) is 0 Å². The predicted molar refractivity (Wildman–Crippen MR) is 73.7 cm³/mol. The van der Waals surface area contributed by atoms with Gasteiger partial charge in [0.1, 0.15) is 0 Å². The van der Waals surface area contributed by atoms with Crippen LogP contribution < -0.4 is 4.72 Å². The van der Waals surface area contributed by atoms with Crippen molar-refractivity contribution < 1.29 is 18.3 Å². The summed E-state index contributed by atoms with van der Waals surface area (Å²) >= 11 is 0. The summed E-state index contributed by atoms with van der Waals surface area (Å²) in [5.41, 5.74) is 0. The molecule has 0 saturated heterocycles. The molecule has 1 aromatic heterocycles. The highest BCUT2D eigenvalue weighted by atomic mass is 32.2. The van der Waals surface area contributed by atoms with Crippen LogP contribution in [0.4, 0.5) is 0 Å². The lowest BCUT2D eigenvalue weighted by molar-refractivity contribution is -0.142. The Bertz CT molecular complexity index is 579. The van der Waals surface area contributed by atoms with Crippen molar-refractivity contribution in [3.8, 4) is 0 Å². The molecule has 20 heavy (non-hydrogen) atoms. The van der Waals surface area contributed by atoms with Crippen LogP contribution in [0.2, 0.25) is 0 Å². The van der Waals surface area contributed by atoms with Gasteiger partial charge in [-0.2, -0.15) is 0 Å². The van der Waals surface area contributed by atoms with E-state index in [9.17, 15) is 18.3 Å². The molecule has 1 aliphatic carbocycles. The minimum absolute atomic E-state index is 0.174. The monoisotopic (exact) mass is 300 g/mol. The number of sulfonamides is 1. The second-order valence-electron chi connectivity index (χ2n) is 5.32. The molecule has 2 rings (SSSR count). The van der Waals surface area contributed by atoms with Crippen LogP contribution >= 0.6 is 0 Å². The van der Waals surface area contributed by atoms with Gasteiger partial charge in [0.25, 0.3) is 0 Å². The van der Waals surface area contributed by atoms with Crippen LogP contribution in [0.5, 0.6) is 0 Å². The Morgan fingerprint density at radius 3 is 2.65 bits per heavy atom. The standard InChI is InChI=1S/C13H20N2O4S/c1-15-8-7-10(9-15)20(18,19)14-12-6-4-2-3-5-11(12)13(16)17/h7-9,11-12,14H,2-6H2,1H3,(H,16,17). The highest BCUT2D eigenvalue weighted by molar-refractivity contribution is 7.89. The van der Waals surface area contributed by atoms with Crippen LogP contribution in [-0.2, 0) is 21.9 Å². The van der Waals surface area contributed by atoms with Gasteiger partial charge in [-0.15, -0.1) is 0 Å². The van der Waals surface area contributed by atoms with Gasteiger partial charge in [0, 0.05) is 25.5 Å². The summed E-state index contributed by atoms with van der Waals surface area (Å²) in [4.78, 5) is 11.5. The number of hydrogen-bond acceptors (Lipinski definition) is 3. The predicted octanol–water partition coefficient (Wildman–Crippen LogP) is 1.34. The van der Waals surface area contributed by atoms with E-state index < -0.39 is 28.0 Å². The van der Waals surface area contributed by atoms with Crippen molar-refractivity contribution in [2.45, 2.75) is 43.0 Å². The summed E-state index contributed by atoms with van der Waals surface area (Å²) in [6.45, 7) is 0. The van der Waals surface area contributed by atoms with Crippen LogP contribution in [0.15, 0.2) is 23.4 Å². The van der Waals surface area contributed by atoms with E-state index >= 15 is 0 Å². The van der Waals surface area contributed by atoms with Crippen molar-refractivity contribution in [1.29, 1.82) is 0 Å². The van der Waals surface area contributed by atoms with E-state index in [-0.39, 0.29) is 4.90 Å². The van der Waals surface area contributed by atoms with Gasteiger partial charge in [-0.1, -0.05) is 19.3 Å². The lowest BCUT2D eigenvalue weighted by atomic mass is 9.96. The maximum Gasteiger partial charge on any atom is 0.308 e. The number of hydrogen-bond donors (Lipinski definition) is 2. The zero-order chi connectivity index (χ0) is 14.8. The molecule has 0 aromatic carbocycles. The van der Waals surface area contributed by atoms with E-state index in [1.807, 2.05) is 0 Å². The average molecular weight is 300 g/mol. The Labute approximate surface area is 118 Å². The number of carboxylic acid groups (broad SMARTS) is 1. The molecule has 1 heterocycles. The van der Waals surface area contributed by atoms with Gasteiger partial charge in [0.05, 0.1) is 10.8 Å². The average Bonchev–Trinajstić information content (AvgIpc) is 2.67. The molecule has 2 atom stereocenters. The number of nitrogens with one attached hydrogen (secondary N) is 1. The third-order valence-corrected chi connectivity index (χ3v) is 5.23. The van der Waals surface area contributed by atoms with Crippen molar-refractivity contribution >= 4 is 16.0 Å². The fourth-order valence-electron chi connectivity index (χ4n) is 2.65. The second-order valence-corrected chi connectivity index (χ2v) is 7.04. The van der Waals surface area contributed by atoms with Gasteiger partial charge in [-0.25, -0.2) is 13.1 Å². The first kappa shape index (κ1) is 15.1. The fraction of sp³-hybridized carbons (Fsp3) is 0.615. The smallest absolute Gasteiger partial charge is 0.308 e. The highest BCUT2D eigenvalue weighted by Gasteiger charge is 2.33. The lowest BCUT2D eigenvalue weighted by Gasteiger charge is -2.22. The van der Waals surface area contributed by atoms with Crippen molar-refractivity contribution in [3.05, 3.63) is 18.5 Å². The number of rotatable bonds is 4. The van der Waals surface area contributed by atoms with E-state index in [1.54, 1.807) is 17.8 Å². The molecule has 0 aliphatic heterocycles. The van der Waals surface area contributed by atoms with Gasteiger partial charge in [-0.05, 0) is 18.9 Å². The SMILES string of the molecule is Cn1ccc(S(=O)(=O)NC2CCCCCC2C(=O)O)c1. The van der Waals surface area contributed by atoms with Gasteiger partial charge in [0.15, 0.2) is 0 Å². The Kier molecular flexibility index (Phi) is 4.49. The normalized spacial score (nSPS) is 24.2. The molecule has 0 spiro atoms. The van der Waals surface area contributed by atoms with E-state index in [2.05, 4.69) is 4.72 Å².